The van der Waals surface area contributed by atoms with Crippen LogP contribution in [0, 0.1) is 0 Å². The Morgan fingerprint density at radius 2 is 1.82 bits per heavy atom. The maximum absolute atomic E-state index is 11.9. The molecule has 0 fully saturated rings. The lowest BCUT2D eigenvalue weighted by atomic mass is 10.1. The number of anilines is 2. The van der Waals surface area contributed by atoms with Gasteiger partial charge in [0.05, 0.1) is 6.54 Å². The average molecular weight is 317 g/mol. The number of halogens is 1. The summed E-state index contributed by atoms with van der Waals surface area (Å²) in [5, 5.41) is 6.25. The second-order valence-electron chi connectivity index (χ2n) is 4.73. The Labute approximate surface area is 134 Å². The van der Waals surface area contributed by atoms with E-state index in [1.54, 1.807) is 25.1 Å². The van der Waals surface area contributed by atoms with Crippen LogP contribution in [0.15, 0.2) is 48.5 Å². The number of amides is 1. The fourth-order valence-electron chi connectivity index (χ4n) is 1.99. The molecule has 0 radical (unpaired) electrons. The van der Waals surface area contributed by atoms with Crippen molar-refractivity contribution in [3.63, 3.8) is 0 Å². The van der Waals surface area contributed by atoms with Crippen molar-refractivity contribution < 1.29 is 9.59 Å². The van der Waals surface area contributed by atoms with Crippen LogP contribution in [-0.2, 0) is 4.79 Å². The molecule has 0 heterocycles. The van der Waals surface area contributed by atoms with E-state index in [0.29, 0.717) is 22.7 Å². The third-order valence-corrected chi connectivity index (χ3v) is 3.34. The first-order chi connectivity index (χ1) is 10.6. The Morgan fingerprint density at radius 1 is 1.09 bits per heavy atom. The third-order valence-electron chi connectivity index (χ3n) is 3.10. The maximum Gasteiger partial charge on any atom is 0.243 e. The highest BCUT2D eigenvalue weighted by atomic mass is 35.5. The van der Waals surface area contributed by atoms with E-state index in [0.717, 1.165) is 5.69 Å². The summed E-state index contributed by atoms with van der Waals surface area (Å²) >= 11 is 5.93. The summed E-state index contributed by atoms with van der Waals surface area (Å²) in [6.45, 7) is 1.86. The molecule has 0 aliphatic rings. The highest BCUT2D eigenvalue weighted by molar-refractivity contribution is 6.31. The van der Waals surface area contributed by atoms with Crippen LogP contribution in [0.5, 0.6) is 0 Å². The van der Waals surface area contributed by atoms with Gasteiger partial charge in [-0.3, -0.25) is 9.59 Å². The Kier molecular flexibility index (Phi) is 5.55. The molecule has 0 saturated carbocycles. The lowest BCUT2D eigenvalue weighted by Crippen LogP contribution is -2.22. The van der Waals surface area contributed by atoms with E-state index in [2.05, 4.69) is 10.6 Å². The van der Waals surface area contributed by atoms with Gasteiger partial charge in [0.25, 0.3) is 0 Å². The number of para-hydroxylation sites is 1. The van der Waals surface area contributed by atoms with E-state index in [-0.39, 0.29) is 18.2 Å². The van der Waals surface area contributed by atoms with Crippen LogP contribution in [0.4, 0.5) is 11.4 Å². The summed E-state index contributed by atoms with van der Waals surface area (Å²) in [5.41, 5.74) is 1.84. The minimum Gasteiger partial charge on any atom is -0.376 e. The lowest BCUT2D eigenvalue weighted by molar-refractivity contribution is -0.114. The molecule has 2 aromatic rings. The molecular weight excluding hydrogens is 300 g/mol. The highest BCUT2D eigenvalue weighted by Crippen LogP contribution is 2.22. The molecule has 0 atom stereocenters. The van der Waals surface area contributed by atoms with E-state index in [9.17, 15) is 9.59 Å². The summed E-state index contributed by atoms with van der Waals surface area (Å²) in [5.74, 6) is -0.204. The molecule has 2 rings (SSSR count). The van der Waals surface area contributed by atoms with Gasteiger partial charge >= 0.3 is 0 Å². The number of rotatable bonds is 6. The molecule has 2 aromatic carbocycles. The zero-order valence-electron chi connectivity index (χ0n) is 12.2. The summed E-state index contributed by atoms with van der Waals surface area (Å²) in [6, 6.07) is 14.2. The SMILES string of the molecule is CCC(=O)c1cc(Cl)ccc1NCC(=O)Nc1ccccc1. The minimum atomic E-state index is -0.184. The van der Waals surface area contributed by atoms with Crippen LogP contribution in [0.3, 0.4) is 0 Å². The smallest absolute Gasteiger partial charge is 0.243 e. The monoisotopic (exact) mass is 316 g/mol. The molecule has 0 aliphatic heterocycles. The van der Waals surface area contributed by atoms with Gasteiger partial charge in [-0.15, -0.1) is 0 Å². The molecule has 5 heteroatoms. The van der Waals surface area contributed by atoms with E-state index < -0.39 is 0 Å². The van der Waals surface area contributed by atoms with Crippen molar-refractivity contribution in [2.24, 2.45) is 0 Å². The van der Waals surface area contributed by atoms with Crippen LogP contribution >= 0.6 is 11.6 Å². The first-order valence-corrected chi connectivity index (χ1v) is 7.39. The third kappa shape index (κ3) is 4.33. The second-order valence-corrected chi connectivity index (χ2v) is 5.17. The number of hydrogen-bond donors (Lipinski definition) is 2. The highest BCUT2D eigenvalue weighted by Gasteiger charge is 2.11. The summed E-state index contributed by atoms with van der Waals surface area (Å²) < 4.78 is 0. The quantitative estimate of drug-likeness (QED) is 0.792. The average Bonchev–Trinajstić information content (AvgIpc) is 2.53. The van der Waals surface area contributed by atoms with Crippen LogP contribution in [0.1, 0.15) is 23.7 Å². The van der Waals surface area contributed by atoms with Gasteiger partial charge in [-0.1, -0.05) is 36.7 Å². The second kappa shape index (κ2) is 7.61. The molecule has 1 amide bonds. The number of benzene rings is 2. The number of hydrogen-bond acceptors (Lipinski definition) is 3. The molecule has 114 valence electrons. The number of carbonyl (C=O) groups is 2. The van der Waals surface area contributed by atoms with Crippen molar-refractivity contribution in [2.75, 3.05) is 17.2 Å². The van der Waals surface area contributed by atoms with Crippen LogP contribution < -0.4 is 10.6 Å². The molecular formula is C17H17ClN2O2. The molecule has 2 N–H and O–H groups in total. The van der Waals surface area contributed by atoms with Crippen LogP contribution in [0.25, 0.3) is 0 Å². The number of Topliss-reactive ketones (excluding diaryl/α,β-unsaturated/α-hetero) is 1. The van der Waals surface area contributed by atoms with Gasteiger partial charge in [0.1, 0.15) is 0 Å². The van der Waals surface area contributed by atoms with Gasteiger partial charge in [-0.2, -0.15) is 0 Å². The molecule has 0 bridgehead atoms. The summed E-state index contributed by atoms with van der Waals surface area (Å²) in [7, 11) is 0. The van der Waals surface area contributed by atoms with Gasteiger partial charge < -0.3 is 10.6 Å². The predicted molar refractivity (Wildman–Crippen MR) is 89.6 cm³/mol. The molecule has 0 aromatic heterocycles. The predicted octanol–water partition coefficient (Wildman–Crippen LogP) is 3.98. The van der Waals surface area contributed by atoms with Gasteiger partial charge in [0.2, 0.25) is 5.91 Å². The fourth-order valence-corrected chi connectivity index (χ4v) is 2.17. The van der Waals surface area contributed by atoms with Crippen molar-refractivity contribution in [3.8, 4) is 0 Å². The van der Waals surface area contributed by atoms with Gasteiger partial charge in [0.15, 0.2) is 5.78 Å². The first-order valence-electron chi connectivity index (χ1n) is 7.01. The molecule has 22 heavy (non-hydrogen) atoms. The minimum absolute atomic E-state index is 0.0199. The Balaban J connectivity index is 2.02. The summed E-state index contributed by atoms with van der Waals surface area (Å²) in [4.78, 5) is 23.8. The van der Waals surface area contributed by atoms with Crippen molar-refractivity contribution in [2.45, 2.75) is 13.3 Å². The Bertz CT molecular complexity index is 672. The van der Waals surface area contributed by atoms with E-state index >= 15 is 0 Å². The van der Waals surface area contributed by atoms with Crippen molar-refractivity contribution in [3.05, 3.63) is 59.1 Å². The van der Waals surface area contributed by atoms with E-state index in [1.807, 2.05) is 30.3 Å². The Morgan fingerprint density at radius 3 is 2.50 bits per heavy atom. The van der Waals surface area contributed by atoms with Gasteiger partial charge in [-0.05, 0) is 30.3 Å². The largest absolute Gasteiger partial charge is 0.376 e. The number of carbonyl (C=O) groups excluding carboxylic acids is 2. The van der Waals surface area contributed by atoms with Crippen molar-refractivity contribution in [1.82, 2.24) is 0 Å². The number of nitrogens with one attached hydrogen (secondary N) is 2. The Hall–Kier alpha value is -2.33. The van der Waals surface area contributed by atoms with Crippen molar-refractivity contribution in [1.29, 1.82) is 0 Å². The first kappa shape index (κ1) is 16.0. The molecule has 4 nitrogen and oxygen atoms in total. The normalized spacial score (nSPS) is 10.1. The van der Waals surface area contributed by atoms with Crippen LogP contribution in [-0.4, -0.2) is 18.2 Å². The summed E-state index contributed by atoms with van der Waals surface area (Å²) in [6.07, 6.45) is 0.380. The van der Waals surface area contributed by atoms with Crippen LogP contribution in [0.2, 0.25) is 5.02 Å². The lowest BCUT2D eigenvalue weighted by Gasteiger charge is -2.11. The molecule has 0 unspecified atom stereocenters. The van der Waals surface area contributed by atoms with E-state index in [1.165, 1.54) is 0 Å². The maximum atomic E-state index is 11.9. The van der Waals surface area contributed by atoms with Gasteiger partial charge in [-0.25, -0.2) is 0 Å². The van der Waals surface area contributed by atoms with Crippen molar-refractivity contribution >= 4 is 34.7 Å². The standard InChI is InChI=1S/C17H17ClN2O2/c1-2-16(21)14-10-12(18)8-9-15(14)19-11-17(22)20-13-6-4-3-5-7-13/h3-10,19H,2,11H2,1H3,(H,20,22). The molecule has 0 saturated heterocycles. The van der Waals surface area contributed by atoms with Gasteiger partial charge in [0, 0.05) is 28.4 Å². The fraction of sp³-hybridized carbons (Fsp3) is 0.176. The molecule has 0 aliphatic carbocycles. The zero-order valence-corrected chi connectivity index (χ0v) is 13.0. The van der Waals surface area contributed by atoms with E-state index in [4.69, 9.17) is 11.6 Å². The zero-order chi connectivity index (χ0) is 15.9. The number of ketones is 1. The molecule has 0 spiro atoms. The topological polar surface area (TPSA) is 58.2 Å².